The number of pyridine rings is 1. The number of amides is 2. The smallest absolute Gasteiger partial charge is 0.322 e. The van der Waals surface area contributed by atoms with Crippen molar-refractivity contribution >= 4 is 29.4 Å². The number of aromatic nitrogens is 1. The normalized spacial score (nSPS) is 18.2. The van der Waals surface area contributed by atoms with Crippen LogP contribution in [-0.2, 0) is 29.9 Å². The fraction of sp³-hybridized carbons (Fsp3) is 0.333. The van der Waals surface area contributed by atoms with Crippen molar-refractivity contribution < 1.29 is 13.9 Å². The molecule has 2 aromatic carbocycles. The van der Waals surface area contributed by atoms with Gasteiger partial charge < -0.3 is 10.1 Å². The summed E-state index contributed by atoms with van der Waals surface area (Å²) in [5, 5.41) is 3.73. The maximum Gasteiger partial charge on any atom is 0.322 e. The third-order valence-corrected chi connectivity index (χ3v) is 8.24. The summed E-state index contributed by atoms with van der Waals surface area (Å²) in [4.78, 5) is 21.3. The second-order valence-electron chi connectivity index (χ2n) is 10.4. The first-order valence-corrected chi connectivity index (χ1v) is 13.4. The summed E-state index contributed by atoms with van der Waals surface area (Å²) in [6, 6.07) is 15.2. The van der Waals surface area contributed by atoms with Crippen molar-refractivity contribution in [1.82, 2.24) is 15.2 Å². The standard InChI is InChI=1S/C30H30ClFN4O2/c31-25-5-3-21(4-6-25)2-1-11-35-12-8-30(9-13-35)20-36(27-16-24-19-38-18-23(24)15-26(27)30)29(37)34-17-22-7-10-33-28(32)14-22/h1-7,10,14-16H,8-9,11-13,17-20H2,(H,34,37). The molecule has 0 saturated carbocycles. The van der Waals surface area contributed by atoms with E-state index in [0.29, 0.717) is 25.3 Å². The van der Waals surface area contributed by atoms with E-state index in [4.69, 9.17) is 16.3 Å². The van der Waals surface area contributed by atoms with Gasteiger partial charge in [-0.3, -0.25) is 9.80 Å². The lowest BCUT2D eigenvalue weighted by atomic mass is 9.73. The minimum Gasteiger partial charge on any atom is -0.372 e. The van der Waals surface area contributed by atoms with Gasteiger partial charge in [-0.15, -0.1) is 0 Å². The summed E-state index contributed by atoms with van der Waals surface area (Å²) in [7, 11) is 0. The largest absolute Gasteiger partial charge is 0.372 e. The summed E-state index contributed by atoms with van der Waals surface area (Å²) >= 11 is 5.99. The van der Waals surface area contributed by atoms with Gasteiger partial charge in [0.1, 0.15) is 0 Å². The number of anilines is 1. The summed E-state index contributed by atoms with van der Waals surface area (Å²) < 4.78 is 19.2. The molecule has 0 atom stereocenters. The molecule has 1 spiro atoms. The van der Waals surface area contributed by atoms with Crippen LogP contribution >= 0.6 is 11.6 Å². The topological polar surface area (TPSA) is 57.7 Å². The lowest BCUT2D eigenvalue weighted by molar-refractivity contribution is 0.134. The number of nitrogens with zero attached hydrogens (tertiary/aromatic N) is 3. The van der Waals surface area contributed by atoms with Crippen LogP contribution in [0.3, 0.4) is 0 Å². The van der Waals surface area contributed by atoms with E-state index in [1.165, 1.54) is 23.4 Å². The number of halogens is 2. The predicted molar refractivity (Wildman–Crippen MR) is 147 cm³/mol. The molecule has 1 N–H and O–H groups in total. The molecule has 0 radical (unpaired) electrons. The number of urea groups is 1. The zero-order valence-corrected chi connectivity index (χ0v) is 21.9. The molecule has 2 amide bonds. The van der Waals surface area contributed by atoms with Crippen LogP contribution in [0.5, 0.6) is 0 Å². The van der Waals surface area contributed by atoms with Crippen molar-refractivity contribution in [1.29, 1.82) is 0 Å². The molecular weight excluding hydrogens is 503 g/mol. The van der Waals surface area contributed by atoms with Gasteiger partial charge >= 0.3 is 6.03 Å². The molecule has 6 rings (SSSR count). The quantitative estimate of drug-likeness (QED) is 0.429. The summed E-state index contributed by atoms with van der Waals surface area (Å²) in [5.41, 5.74) is 6.35. The Hall–Kier alpha value is -3.26. The van der Waals surface area contributed by atoms with Gasteiger partial charge in [0, 0.05) is 42.0 Å². The van der Waals surface area contributed by atoms with Crippen molar-refractivity contribution in [2.45, 2.75) is 38.0 Å². The molecule has 1 aromatic heterocycles. The van der Waals surface area contributed by atoms with Gasteiger partial charge in [0.25, 0.3) is 0 Å². The zero-order chi connectivity index (χ0) is 26.1. The molecule has 8 heteroatoms. The van der Waals surface area contributed by atoms with E-state index < -0.39 is 5.95 Å². The van der Waals surface area contributed by atoms with Crippen LogP contribution in [0.4, 0.5) is 14.9 Å². The van der Waals surface area contributed by atoms with Gasteiger partial charge in [-0.2, -0.15) is 4.39 Å². The molecule has 0 aliphatic carbocycles. The van der Waals surface area contributed by atoms with Crippen molar-refractivity contribution in [3.63, 3.8) is 0 Å². The Morgan fingerprint density at radius 3 is 2.63 bits per heavy atom. The highest BCUT2D eigenvalue weighted by Gasteiger charge is 2.47. The number of likely N-dealkylation sites (tertiary alicyclic amines) is 1. The third kappa shape index (κ3) is 5.06. The molecule has 3 aliphatic rings. The first-order chi connectivity index (χ1) is 18.5. The third-order valence-electron chi connectivity index (χ3n) is 7.99. The van der Waals surface area contributed by atoms with Gasteiger partial charge in [-0.1, -0.05) is 42.0 Å². The number of hydrogen-bond acceptors (Lipinski definition) is 4. The van der Waals surface area contributed by atoms with E-state index in [-0.39, 0.29) is 18.0 Å². The van der Waals surface area contributed by atoms with Gasteiger partial charge in [0.2, 0.25) is 5.95 Å². The lowest BCUT2D eigenvalue weighted by Gasteiger charge is -2.39. The van der Waals surface area contributed by atoms with E-state index in [1.807, 2.05) is 29.2 Å². The number of fused-ring (bicyclic) bond motifs is 3. The van der Waals surface area contributed by atoms with Crippen LogP contribution in [0.15, 0.2) is 60.8 Å². The molecule has 196 valence electrons. The van der Waals surface area contributed by atoms with E-state index in [9.17, 15) is 9.18 Å². The highest BCUT2D eigenvalue weighted by molar-refractivity contribution is 6.30. The van der Waals surface area contributed by atoms with E-state index in [1.54, 1.807) is 6.07 Å². The minimum atomic E-state index is -0.549. The number of carbonyl (C=O) groups is 1. The van der Waals surface area contributed by atoms with Crippen LogP contribution in [-0.4, -0.2) is 42.1 Å². The first-order valence-electron chi connectivity index (χ1n) is 13.0. The second kappa shape index (κ2) is 10.5. The molecule has 1 saturated heterocycles. The molecule has 0 unspecified atom stereocenters. The minimum absolute atomic E-state index is 0.0799. The number of hydrogen-bond donors (Lipinski definition) is 1. The molecular formula is C30H30ClFN4O2. The highest BCUT2D eigenvalue weighted by Crippen LogP contribution is 2.48. The molecule has 0 bridgehead atoms. The number of nitrogens with one attached hydrogen (secondary N) is 1. The van der Waals surface area contributed by atoms with Crippen molar-refractivity contribution in [2.75, 3.05) is 31.1 Å². The van der Waals surface area contributed by atoms with Crippen LogP contribution < -0.4 is 10.2 Å². The molecule has 4 heterocycles. The second-order valence-corrected chi connectivity index (χ2v) is 10.8. The van der Waals surface area contributed by atoms with Crippen LogP contribution in [0.2, 0.25) is 5.02 Å². The highest BCUT2D eigenvalue weighted by atomic mass is 35.5. The first kappa shape index (κ1) is 25.0. The van der Waals surface area contributed by atoms with Crippen LogP contribution in [0.1, 0.15) is 40.7 Å². The number of benzene rings is 2. The number of carbonyl (C=O) groups excluding carboxylic acids is 1. The number of ether oxygens (including phenoxy) is 1. The molecule has 3 aliphatic heterocycles. The number of piperidine rings is 1. The lowest BCUT2D eigenvalue weighted by Crippen LogP contribution is -2.47. The fourth-order valence-corrected chi connectivity index (χ4v) is 5.97. The molecule has 1 fully saturated rings. The van der Waals surface area contributed by atoms with Crippen LogP contribution in [0, 0.1) is 5.95 Å². The summed E-state index contributed by atoms with van der Waals surface area (Å²) in [5.74, 6) is -0.549. The van der Waals surface area contributed by atoms with Gasteiger partial charge in [0.05, 0.1) is 13.2 Å². The SMILES string of the molecule is O=C(NCc1ccnc(F)c1)N1CC2(CCN(CC=Cc3ccc(Cl)cc3)CC2)c2cc3c(cc21)COC3. The summed E-state index contributed by atoms with van der Waals surface area (Å²) in [6.45, 7) is 4.91. The Morgan fingerprint density at radius 2 is 1.87 bits per heavy atom. The van der Waals surface area contributed by atoms with E-state index >= 15 is 0 Å². The van der Waals surface area contributed by atoms with Crippen molar-refractivity contribution in [2.24, 2.45) is 0 Å². The van der Waals surface area contributed by atoms with Crippen LogP contribution in [0.25, 0.3) is 6.08 Å². The zero-order valence-electron chi connectivity index (χ0n) is 21.1. The maximum atomic E-state index is 13.5. The maximum absolute atomic E-state index is 13.5. The van der Waals surface area contributed by atoms with Crippen molar-refractivity contribution in [3.05, 3.63) is 99.6 Å². The fourth-order valence-electron chi connectivity index (χ4n) is 5.85. The Balaban J connectivity index is 1.16. The Kier molecular flexibility index (Phi) is 6.91. The van der Waals surface area contributed by atoms with Gasteiger partial charge in [-0.25, -0.2) is 9.78 Å². The van der Waals surface area contributed by atoms with E-state index in [0.717, 1.165) is 54.3 Å². The van der Waals surface area contributed by atoms with Crippen molar-refractivity contribution in [3.8, 4) is 0 Å². The van der Waals surface area contributed by atoms with Gasteiger partial charge in [-0.05, 0) is 84.1 Å². The predicted octanol–water partition coefficient (Wildman–Crippen LogP) is 5.68. The van der Waals surface area contributed by atoms with Gasteiger partial charge in [0.15, 0.2) is 0 Å². The average molecular weight is 533 g/mol. The molecule has 6 nitrogen and oxygen atoms in total. The Morgan fingerprint density at radius 1 is 1.11 bits per heavy atom. The number of rotatable bonds is 5. The Bertz CT molecular complexity index is 1370. The average Bonchev–Trinajstić information content (AvgIpc) is 3.51. The monoisotopic (exact) mass is 532 g/mol. The Labute approximate surface area is 227 Å². The summed E-state index contributed by atoms with van der Waals surface area (Å²) in [6.07, 6.45) is 7.71. The van der Waals surface area contributed by atoms with E-state index in [2.05, 4.69) is 39.5 Å². The molecule has 38 heavy (non-hydrogen) atoms. The molecule has 3 aromatic rings.